The Labute approximate surface area is 157 Å². The molecule has 1 unspecified atom stereocenters. The van der Waals surface area contributed by atoms with Crippen LogP contribution in [0.15, 0.2) is 24.3 Å². The Bertz CT molecular complexity index is 689. The quantitative estimate of drug-likeness (QED) is 0.579. The van der Waals surface area contributed by atoms with E-state index in [4.69, 9.17) is 9.47 Å². The van der Waals surface area contributed by atoms with Crippen LogP contribution < -0.4 is 20.7 Å². The van der Waals surface area contributed by atoms with E-state index in [-0.39, 0.29) is 11.6 Å². The SMILES string of the molecule is CCOc1ccccc1C(=O)NCC(=O)OC(C)C(=O)NC(=O)NC(C)C. The van der Waals surface area contributed by atoms with E-state index in [0.29, 0.717) is 12.4 Å². The van der Waals surface area contributed by atoms with Crippen LogP contribution in [0, 0.1) is 0 Å². The first-order chi connectivity index (χ1) is 12.7. The fraction of sp³-hybridized carbons (Fsp3) is 0.444. The largest absolute Gasteiger partial charge is 0.493 e. The molecular weight excluding hydrogens is 354 g/mol. The second kappa shape index (κ2) is 10.8. The number of imide groups is 1. The van der Waals surface area contributed by atoms with Gasteiger partial charge in [-0.3, -0.25) is 19.7 Å². The molecule has 0 fully saturated rings. The Morgan fingerprint density at radius 1 is 1.07 bits per heavy atom. The summed E-state index contributed by atoms with van der Waals surface area (Å²) in [5.41, 5.74) is 0.281. The number of rotatable bonds is 8. The molecule has 27 heavy (non-hydrogen) atoms. The van der Waals surface area contributed by atoms with Gasteiger partial charge in [-0.2, -0.15) is 0 Å². The molecule has 3 N–H and O–H groups in total. The van der Waals surface area contributed by atoms with Crippen LogP contribution in [0.2, 0.25) is 0 Å². The highest BCUT2D eigenvalue weighted by Gasteiger charge is 2.21. The number of hydrogen-bond donors (Lipinski definition) is 3. The third-order valence-corrected chi connectivity index (χ3v) is 3.16. The predicted molar refractivity (Wildman–Crippen MR) is 97.3 cm³/mol. The van der Waals surface area contributed by atoms with Crippen molar-refractivity contribution in [2.45, 2.75) is 39.8 Å². The summed E-state index contributed by atoms with van der Waals surface area (Å²) in [4.78, 5) is 47.3. The van der Waals surface area contributed by atoms with Crippen LogP contribution in [-0.2, 0) is 14.3 Å². The lowest BCUT2D eigenvalue weighted by Crippen LogP contribution is -2.47. The van der Waals surface area contributed by atoms with E-state index in [0.717, 1.165) is 0 Å². The summed E-state index contributed by atoms with van der Waals surface area (Å²) in [6.07, 6.45) is -1.19. The van der Waals surface area contributed by atoms with Gasteiger partial charge in [-0.25, -0.2) is 4.79 Å². The van der Waals surface area contributed by atoms with E-state index < -0.39 is 36.5 Å². The maximum atomic E-state index is 12.2. The van der Waals surface area contributed by atoms with E-state index in [9.17, 15) is 19.2 Å². The highest BCUT2D eigenvalue weighted by molar-refractivity contribution is 5.99. The highest BCUT2D eigenvalue weighted by atomic mass is 16.5. The van der Waals surface area contributed by atoms with E-state index in [1.165, 1.54) is 6.92 Å². The minimum absolute atomic E-state index is 0.148. The predicted octanol–water partition coefficient (Wildman–Crippen LogP) is 0.981. The first kappa shape index (κ1) is 21.9. The van der Waals surface area contributed by atoms with Crippen molar-refractivity contribution in [3.63, 3.8) is 0 Å². The van der Waals surface area contributed by atoms with Crippen LogP contribution in [-0.4, -0.2) is 49.1 Å². The average molecular weight is 379 g/mol. The second-order valence-corrected chi connectivity index (χ2v) is 5.86. The first-order valence-corrected chi connectivity index (χ1v) is 8.55. The zero-order chi connectivity index (χ0) is 20.4. The Balaban J connectivity index is 2.49. The monoisotopic (exact) mass is 379 g/mol. The Morgan fingerprint density at radius 3 is 2.37 bits per heavy atom. The molecule has 0 aromatic heterocycles. The van der Waals surface area contributed by atoms with Crippen molar-refractivity contribution in [3.05, 3.63) is 29.8 Å². The number of carbonyl (C=O) groups is 4. The molecule has 0 spiro atoms. The van der Waals surface area contributed by atoms with Gasteiger partial charge in [0.05, 0.1) is 12.2 Å². The number of urea groups is 1. The fourth-order valence-electron chi connectivity index (χ4n) is 1.99. The van der Waals surface area contributed by atoms with Crippen molar-refractivity contribution in [2.24, 2.45) is 0 Å². The molecular formula is C18H25N3O6. The minimum atomic E-state index is -1.19. The summed E-state index contributed by atoms with van der Waals surface area (Å²) < 4.78 is 10.3. The van der Waals surface area contributed by atoms with Gasteiger partial charge in [-0.15, -0.1) is 0 Å². The molecule has 0 heterocycles. The van der Waals surface area contributed by atoms with Crippen molar-refractivity contribution < 1.29 is 28.7 Å². The molecule has 9 nitrogen and oxygen atoms in total. The number of amides is 4. The van der Waals surface area contributed by atoms with Gasteiger partial charge in [0.2, 0.25) is 0 Å². The molecule has 0 saturated heterocycles. The van der Waals surface area contributed by atoms with E-state index in [1.807, 2.05) is 0 Å². The van der Waals surface area contributed by atoms with Crippen LogP contribution in [0.1, 0.15) is 38.1 Å². The lowest BCUT2D eigenvalue weighted by atomic mass is 10.2. The molecule has 1 aromatic carbocycles. The maximum Gasteiger partial charge on any atom is 0.326 e. The fourth-order valence-corrected chi connectivity index (χ4v) is 1.99. The Hall–Kier alpha value is -3.10. The molecule has 0 saturated carbocycles. The molecule has 1 atom stereocenters. The normalized spacial score (nSPS) is 11.3. The summed E-state index contributed by atoms with van der Waals surface area (Å²) in [5, 5.41) is 6.94. The first-order valence-electron chi connectivity index (χ1n) is 8.55. The van der Waals surface area contributed by atoms with Crippen LogP contribution in [0.5, 0.6) is 5.75 Å². The summed E-state index contributed by atoms with van der Waals surface area (Å²) in [5.74, 6) is -1.70. The lowest BCUT2D eigenvalue weighted by molar-refractivity contribution is -0.153. The van der Waals surface area contributed by atoms with Gasteiger partial charge in [0.15, 0.2) is 6.10 Å². The average Bonchev–Trinajstić information content (AvgIpc) is 2.59. The van der Waals surface area contributed by atoms with Gasteiger partial charge >= 0.3 is 12.0 Å². The van der Waals surface area contributed by atoms with Gasteiger partial charge < -0.3 is 20.1 Å². The smallest absolute Gasteiger partial charge is 0.326 e. The third kappa shape index (κ3) is 7.76. The number of esters is 1. The highest BCUT2D eigenvalue weighted by Crippen LogP contribution is 2.17. The minimum Gasteiger partial charge on any atom is -0.493 e. The summed E-state index contributed by atoms with van der Waals surface area (Å²) >= 11 is 0. The molecule has 148 valence electrons. The number of ether oxygens (including phenoxy) is 2. The van der Waals surface area contributed by atoms with Gasteiger partial charge in [0, 0.05) is 6.04 Å². The number of benzene rings is 1. The van der Waals surface area contributed by atoms with Gasteiger partial charge in [0.1, 0.15) is 12.3 Å². The third-order valence-electron chi connectivity index (χ3n) is 3.16. The molecule has 1 aromatic rings. The van der Waals surface area contributed by atoms with Gasteiger partial charge in [-0.05, 0) is 39.8 Å². The number of hydrogen-bond acceptors (Lipinski definition) is 6. The number of carbonyl (C=O) groups excluding carboxylic acids is 4. The molecule has 0 bridgehead atoms. The van der Waals surface area contributed by atoms with Crippen molar-refractivity contribution in [1.29, 1.82) is 0 Å². The maximum absolute atomic E-state index is 12.2. The van der Waals surface area contributed by atoms with Gasteiger partial charge in [-0.1, -0.05) is 12.1 Å². The lowest BCUT2D eigenvalue weighted by Gasteiger charge is -2.15. The van der Waals surface area contributed by atoms with Crippen LogP contribution in [0.25, 0.3) is 0 Å². The van der Waals surface area contributed by atoms with Crippen molar-refractivity contribution in [1.82, 2.24) is 16.0 Å². The Kier molecular flexibility index (Phi) is 8.77. The second-order valence-electron chi connectivity index (χ2n) is 5.86. The zero-order valence-corrected chi connectivity index (χ0v) is 15.8. The summed E-state index contributed by atoms with van der Waals surface area (Å²) in [7, 11) is 0. The topological polar surface area (TPSA) is 123 Å². The van der Waals surface area contributed by atoms with Crippen molar-refractivity contribution in [3.8, 4) is 5.75 Å². The zero-order valence-electron chi connectivity index (χ0n) is 15.8. The molecule has 1 rings (SSSR count). The number of para-hydroxylation sites is 1. The molecule has 0 aliphatic heterocycles. The van der Waals surface area contributed by atoms with E-state index >= 15 is 0 Å². The van der Waals surface area contributed by atoms with Crippen LogP contribution in [0.4, 0.5) is 4.79 Å². The molecule has 0 aliphatic carbocycles. The van der Waals surface area contributed by atoms with Gasteiger partial charge in [0.25, 0.3) is 11.8 Å². The molecule has 9 heteroatoms. The Morgan fingerprint density at radius 2 is 1.74 bits per heavy atom. The summed E-state index contributed by atoms with van der Waals surface area (Å²) in [6, 6.07) is 5.78. The molecule has 0 aliphatic rings. The molecule has 0 radical (unpaired) electrons. The van der Waals surface area contributed by atoms with E-state index in [1.54, 1.807) is 45.0 Å². The summed E-state index contributed by atoms with van der Waals surface area (Å²) in [6.45, 7) is 6.54. The standard InChI is InChI=1S/C18H25N3O6/c1-5-26-14-9-7-6-8-13(14)17(24)19-10-15(22)27-12(4)16(23)21-18(25)20-11(2)3/h6-9,11-12H,5,10H2,1-4H3,(H,19,24)(H2,20,21,23,25). The van der Waals surface area contributed by atoms with E-state index in [2.05, 4.69) is 16.0 Å². The molecule has 4 amide bonds. The van der Waals surface area contributed by atoms with Crippen molar-refractivity contribution in [2.75, 3.05) is 13.2 Å². The number of nitrogens with one attached hydrogen (secondary N) is 3. The van der Waals surface area contributed by atoms with Crippen LogP contribution >= 0.6 is 0 Å². The van der Waals surface area contributed by atoms with Crippen molar-refractivity contribution >= 4 is 23.8 Å². The van der Waals surface area contributed by atoms with Crippen LogP contribution in [0.3, 0.4) is 0 Å².